The van der Waals surface area contributed by atoms with Crippen LogP contribution in [-0.4, -0.2) is 17.7 Å². The third-order valence-corrected chi connectivity index (χ3v) is 3.84. The topological polar surface area (TPSA) is 46.5 Å². The molecule has 0 bridgehead atoms. The van der Waals surface area contributed by atoms with Gasteiger partial charge < -0.3 is 9.84 Å². The Morgan fingerprint density at radius 1 is 1.37 bits per heavy atom. The fourth-order valence-corrected chi connectivity index (χ4v) is 2.70. The molecule has 1 aliphatic rings. The molecular formula is C16H22O3. The third-order valence-electron chi connectivity index (χ3n) is 3.84. The van der Waals surface area contributed by atoms with E-state index in [1.54, 1.807) is 0 Å². The van der Waals surface area contributed by atoms with Crippen molar-refractivity contribution in [1.82, 2.24) is 0 Å². The van der Waals surface area contributed by atoms with Crippen LogP contribution in [0.15, 0.2) is 30.3 Å². The van der Waals surface area contributed by atoms with Gasteiger partial charge in [-0.05, 0) is 24.3 Å². The van der Waals surface area contributed by atoms with Crippen LogP contribution in [-0.2, 0) is 9.53 Å². The summed E-state index contributed by atoms with van der Waals surface area (Å²) in [5, 5.41) is 9.94. The Kier molecular flexibility index (Phi) is 4.97. The van der Waals surface area contributed by atoms with Crippen LogP contribution >= 0.6 is 0 Å². The smallest absolute Gasteiger partial charge is 0.309 e. The lowest BCUT2D eigenvalue weighted by molar-refractivity contribution is -0.153. The number of carbonyl (C=O) groups excluding carboxylic acids is 1. The minimum absolute atomic E-state index is 0.0201. The van der Waals surface area contributed by atoms with Crippen molar-refractivity contribution in [2.24, 2.45) is 11.8 Å². The first-order valence-corrected chi connectivity index (χ1v) is 7.06. The zero-order chi connectivity index (χ0) is 13.7. The second kappa shape index (κ2) is 6.71. The van der Waals surface area contributed by atoms with Gasteiger partial charge in [-0.15, -0.1) is 0 Å². The number of aliphatic hydroxyl groups excluding tert-OH is 1. The van der Waals surface area contributed by atoms with Gasteiger partial charge in [-0.1, -0.05) is 50.1 Å². The Morgan fingerprint density at radius 3 is 2.79 bits per heavy atom. The van der Waals surface area contributed by atoms with Gasteiger partial charge in [-0.2, -0.15) is 0 Å². The monoisotopic (exact) mass is 262 g/mol. The fourth-order valence-electron chi connectivity index (χ4n) is 2.70. The van der Waals surface area contributed by atoms with Crippen molar-refractivity contribution in [3.05, 3.63) is 35.9 Å². The number of hydrogen-bond acceptors (Lipinski definition) is 3. The molecule has 0 heterocycles. The van der Waals surface area contributed by atoms with E-state index in [2.05, 4.69) is 6.92 Å². The summed E-state index contributed by atoms with van der Waals surface area (Å²) in [6, 6.07) is 9.29. The molecule has 0 aromatic heterocycles. The van der Waals surface area contributed by atoms with Gasteiger partial charge in [0.1, 0.15) is 12.7 Å². The molecule has 0 radical (unpaired) electrons. The Bertz CT molecular complexity index is 402. The first-order valence-electron chi connectivity index (χ1n) is 7.06. The van der Waals surface area contributed by atoms with Crippen molar-refractivity contribution in [2.45, 2.75) is 38.7 Å². The maximum absolute atomic E-state index is 11.9. The van der Waals surface area contributed by atoms with Crippen LogP contribution in [0.25, 0.3) is 0 Å². The predicted octanol–water partition coefficient (Wildman–Crippen LogP) is 3.09. The molecule has 104 valence electrons. The number of rotatable bonds is 4. The standard InChI is InChI=1S/C16H22O3/c1-12-6-5-9-14(10-12)16(18)19-11-15(17)13-7-3-2-4-8-13/h2-4,7-8,12,14-15,17H,5-6,9-11H2,1H3. The van der Waals surface area contributed by atoms with Crippen LogP contribution < -0.4 is 0 Å². The summed E-state index contributed by atoms with van der Waals surface area (Å²) in [4.78, 5) is 11.9. The van der Waals surface area contributed by atoms with Gasteiger partial charge in [0, 0.05) is 0 Å². The number of benzene rings is 1. The summed E-state index contributed by atoms with van der Waals surface area (Å²) in [5.74, 6) is 0.471. The highest BCUT2D eigenvalue weighted by Gasteiger charge is 2.26. The summed E-state index contributed by atoms with van der Waals surface area (Å²) in [5.41, 5.74) is 0.785. The van der Waals surface area contributed by atoms with E-state index >= 15 is 0 Å². The maximum atomic E-state index is 11.9. The van der Waals surface area contributed by atoms with Crippen LogP contribution in [0.4, 0.5) is 0 Å². The van der Waals surface area contributed by atoms with Crippen LogP contribution in [0.2, 0.25) is 0 Å². The van der Waals surface area contributed by atoms with Crippen molar-refractivity contribution in [2.75, 3.05) is 6.61 Å². The van der Waals surface area contributed by atoms with Crippen LogP contribution in [0.5, 0.6) is 0 Å². The molecule has 1 N–H and O–H groups in total. The second-order valence-corrected chi connectivity index (χ2v) is 5.53. The lowest BCUT2D eigenvalue weighted by atomic mass is 9.82. The highest BCUT2D eigenvalue weighted by atomic mass is 16.5. The van der Waals surface area contributed by atoms with E-state index < -0.39 is 6.10 Å². The van der Waals surface area contributed by atoms with E-state index in [1.165, 1.54) is 6.42 Å². The molecule has 1 aliphatic carbocycles. The van der Waals surface area contributed by atoms with Gasteiger partial charge in [0.2, 0.25) is 0 Å². The van der Waals surface area contributed by atoms with Crippen LogP contribution in [0.3, 0.4) is 0 Å². The molecule has 0 spiro atoms. The first kappa shape index (κ1) is 14.1. The maximum Gasteiger partial charge on any atom is 0.309 e. The van der Waals surface area contributed by atoms with E-state index in [4.69, 9.17) is 4.74 Å². The molecule has 1 aromatic rings. The number of carbonyl (C=O) groups is 1. The highest BCUT2D eigenvalue weighted by molar-refractivity contribution is 5.72. The third kappa shape index (κ3) is 4.06. The minimum Gasteiger partial charge on any atom is -0.462 e. The molecule has 0 saturated heterocycles. The Balaban J connectivity index is 1.80. The number of aliphatic hydroxyl groups is 1. The Hall–Kier alpha value is -1.35. The van der Waals surface area contributed by atoms with Gasteiger partial charge in [-0.3, -0.25) is 4.79 Å². The van der Waals surface area contributed by atoms with Crippen molar-refractivity contribution >= 4 is 5.97 Å². The SMILES string of the molecule is CC1CCCC(C(=O)OCC(O)c2ccccc2)C1. The molecule has 3 unspecified atom stereocenters. The van der Waals surface area contributed by atoms with E-state index in [1.807, 2.05) is 30.3 Å². The molecule has 0 aliphatic heterocycles. The molecule has 2 rings (SSSR count). The molecule has 19 heavy (non-hydrogen) atoms. The quantitative estimate of drug-likeness (QED) is 0.848. The molecule has 1 fully saturated rings. The normalized spacial score (nSPS) is 24.7. The van der Waals surface area contributed by atoms with Gasteiger partial charge in [0.05, 0.1) is 5.92 Å². The zero-order valence-corrected chi connectivity index (χ0v) is 11.4. The van der Waals surface area contributed by atoms with Crippen molar-refractivity contribution < 1.29 is 14.6 Å². The van der Waals surface area contributed by atoms with Crippen molar-refractivity contribution in [1.29, 1.82) is 0 Å². The second-order valence-electron chi connectivity index (χ2n) is 5.53. The fraction of sp³-hybridized carbons (Fsp3) is 0.562. The van der Waals surface area contributed by atoms with E-state index in [0.717, 1.165) is 24.8 Å². The lowest BCUT2D eigenvalue weighted by Crippen LogP contribution is -2.25. The van der Waals surface area contributed by atoms with Crippen molar-refractivity contribution in [3.8, 4) is 0 Å². The molecule has 1 aromatic carbocycles. The molecule has 0 amide bonds. The molecular weight excluding hydrogens is 240 g/mol. The summed E-state index contributed by atoms with van der Waals surface area (Å²) in [7, 11) is 0. The van der Waals surface area contributed by atoms with E-state index in [9.17, 15) is 9.90 Å². The molecule has 3 heteroatoms. The Morgan fingerprint density at radius 2 is 2.11 bits per heavy atom. The molecule has 3 nitrogen and oxygen atoms in total. The average Bonchev–Trinajstić information content (AvgIpc) is 2.45. The van der Waals surface area contributed by atoms with Gasteiger partial charge in [0.25, 0.3) is 0 Å². The number of ether oxygens (including phenoxy) is 1. The summed E-state index contributed by atoms with van der Waals surface area (Å²) in [6.45, 7) is 2.23. The van der Waals surface area contributed by atoms with Gasteiger partial charge >= 0.3 is 5.97 Å². The Labute approximate surface area is 114 Å². The van der Waals surface area contributed by atoms with Crippen LogP contribution in [0, 0.1) is 11.8 Å². The van der Waals surface area contributed by atoms with Crippen molar-refractivity contribution in [3.63, 3.8) is 0 Å². The largest absolute Gasteiger partial charge is 0.462 e. The average molecular weight is 262 g/mol. The zero-order valence-electron chi connectivity index (χ0n) is 11.4. The lowest BCUT2D eigenvalue weighted by Gasteiger charge is -2.25. The number of hydrogen-bond donors (Lipinski definition) is 1. The molecule has 1 saturated carbocycles. The van der Waals surface area contributed by atoms with Gasteiger partial charge in [0.15, 0.2) is 0 Å². The highest BCUT2D eigenvalue weighted by Crippen LogP contribution is 2.29. The number of esters is 1. The summed E-state index contributed by atoms with van der Waals surface area (Å²) < 4.78 is 5.26. The minimum atomic E-state index is -0.730. The predicted molar refractivity (Wildman–Crippen MR) is 73.5 cm³/mol. The first-order chi connectivity index (χ1) is 9.16. The van der Waals surface area contributed by atoms with Gasteiger partial charge in [-0.25, -0.2) is 0 Å². The summed E-state index contributed by atoms with van der Waals surface area (Å²) >= 11 is 0. The molecule has 3 atom stereocenters. The van der Waals surface area contributed by atoms with E-state index in [0.29, 0.717) is 5.92 Å². The van der Waals surface area contributed by atoms with E-state index in [-0.39, 0.29) is 18.5 Å². The van der Waals surface area contributed by atoms with Crippen LogP contribution in [0.1, 0.15) is 44.3 Å². The summed E-state index contributed by atoms with van der Waals surface area (Å²) in [6.07, 6.45) is 3.41.